The molecule has 1 fully saturated rings. The number of carbonyl (C=O) groups excluding carboxylic acids is 1. The first-order valence-corrected chi connectivity index (χ1v) is 10.8. The molecule has 0 saturated carbocycles. The molecule has 0 radical (unpaired) electrons. The predicted octanol–water partition coefficient (Wildman–Crippen LogP) is 3.42. The van der Waals surface area contributed by atoms with Gasteiger partial charge in [-0.25, -0.2) is 9.78 Å². The standard InChI is InChI=1S/C24H29N7O/c1-29(21-10-12-30(13-11-21)15-18-6-3-2-4-7-18)24(32)31-16-22(27-17-31)19-8-5-9-20(14-19)28-23(25)26/h2-9,14,16-17,21H,10-13,15H2,1H3,(H4,25,26,28). The topological polar surface area (TPSA) is 103 Å². The van der Waals surface area contributed by atoms with Gasteiger partial charge in [-0.2, -0.15) is 0 Å². The number of nitrogens with one attached hydrogen (secondary N) is 2. The van der Waals surface area contributed by atoms with E-state index < -0.39 is 0 Å². The molecular formula is C24H29N7O. The number of piperidine rings is 1. The molecule has 32 heavy (non-hydrogen) atoms. The van der Waals surface area contributed by atoms with Crippen molar-refractivity contribution in [2.24, 2.45) is 5.73 Å². The van der Waals surface area contributed by atoms with Gasteiger partial charge >= 0.3 is 6.03 Å². The van der Waals surface area contributed by atoms with E-state index in [0.717, 1.165) is 38.0 Å². The summed E-state index contributed by atoms with van der Waals surface area (Å²) < 4.78 is 1.54. The van der Waals surface area contributed by atoms with Gasteiger partial charge in [-0.05, 0) is 30.5 Å². The highest BCUT2D eigenvalue weighted by Gasteiger charge is 2.26. The molecule has 1 aliphatic heterocycles. The third kappa shape index (κ3) is 5.15. The molecule has 2 aromatic carbocycles. The van der Waals surface area contributed by atoms with Crippen LogP contribution in [0.2, 0.25) is 0 Å². The molecule has 1 saturated heterocycles. The van der Waals surface area contributed by atoms with Crippen molar-refractivity contribution in [3.63, 3.8) is 0 Å². The van der Waals surface area contributed by atoms with E-state index in [0.29, 0.717) is 11.4 Å². The first-order chi connectivity index (χ1) is 15.5. The SMILES string of the molecule is CN(C(=O)n1cnc(-c2cccc(NC(=N)N)c2)c1)C1CCN(Cc2ccccc2)CC1. The largest absolute Gasteiger partial charge is 0.370 e. The lowest BCUT2D eigenvalue weighted by Crippen LogP contribution is -2.46. The Kier molecular flexibility index (Phi) is 6.51. The molecule has 166 valence electrons. The fraction of sp³-hybridized carbons (Fsp3) is 0.292. The van der Waals surface area contributed by atoms with Gasteiger partial charge in [-0.3, -0.25) is 14.9 Å². The van der Waals surface area contributed by atoms with Crippen LogP contribution >= 0.6 is 0 Å². The second kappa shape index (κ2) is 9.65. The predicted molar refractivity (Wildman–Crippen MR) is 126 cm³/mol. The van der Waals surface area contributed by atoms with Gasteiger partial charge in [-0.15, -0.1) is 0 Å². The Morgan fingerprint density at radius 3 is 2.66 bits per heavy atom. The average Bonchev–Trinajstić information content (AvgIpc) is 3.29. The zero-order chi connectivity index (χ0) is 22.5. The molecule has 1 aromatic heterocycles. The van der Waals surface area contributed by atoms with E-state index in [1.165, 1.54) is 10.1 Å². The molecule has 8 heteroatoms. The number of nitrogens with two attached hydrogens (primary N) is 1. The number of amides is 1. The van der Waals surface area contributed by atoms with E-state index in [1.807, 2.05) is 42.3 Å². The molecular weight excluding hydrogens is 402 g/mol. The summed E-state index contributed by atoms with van der Waals surface area (Å²) in [6.45, 7) is 2.90. The highest BCUT2D eigenvalue weighted by Crippen LogP contribution is 2.22. The number of anilines is 1. The van der Waals surface area contributed by atoms with Crippen LogP contribution in [0.25, 0.3) is 11.3 Å². The minimum atomic E-state index is -0.126. The maximum Gasteiger partial charge on any atom is 0.329 e. The van der Waals surface area contributed by atoms with Gasteiger partial charge in [0.1, 0.15) is 6.33 Å². The Morgan fingerprint density at radius 1 is 1.19 bits per heavy atom. The van der Waals surface area contributed by atoms with Crippen LogP contribution < -0.4 is 11.1 Å². The lowest BCUT2D eigenvalue weighted by atomic mass is 10.0. The summed E-state index contributed by atoms with van der Waals surface area (Å²) in [5, 5.41) is 10.1. The van der Waals surface area contributed by atoms with Crippen LogP contribution in [0.4, 0.5) is 10.5 Å². The number of hydrogen-bond acceptors (Lipinski definition) is 4. The second-order valence-corrected chi connectivity index (χ2v) is 8.17. The molecule has 0 bridgehead atoms. The summed E-state index contributed by atoms with van der Waals surface area (Å²) in [6.07, 6.45) is 5.21. The zero-order valence-electron chi connectivity index (χ0n) is 18.2. The number of nitrogens with zero attached hydrogens (tertiary/aromatic N) is 4. The van der Waals surface area contributed by atoms with Gasteiger partial charge in [-0.1, -0.05) is 42.5 Å². The second-order valence-electron chi connectivity index (χ2n) is 8.17. The van der Waals surface area contributed by atoms with Crippen LogP contribution in [0.3, 0.4) is 0 Å². The van der Waals surface area contributed by atoms with Gasteiger partial charge < -0.3 is 16.0 Å². The van der Waals surface area contributed by atoms with E-state index in [1.54, 1.807) is 12.5 Å². The molecule has 0 atom stereocenters. The average molecular weight is 432 g/mol. The first-order valence-electron chi connectivity index (χ1n) is 10.8. The molecule has 1 amide bonds. The third-order valence-corrected chi connectivity index (χ3v) is 5.90. The summed E-state index contributed by atoms with van der Waals surface area (Å²) in [4.78, 5) is 21.7. The van der Waals surface area contributed by atoms with Gasteiger partial charge in [0.15, 0.2) is 5.96 Å². The summed E-state index contributed by atoms with van der Waals surface area (Å²) in [7, 11) is 1.87. The lowest BCUT2D eigenvalue weighted by Gasteiger charge is -2.36. The number of benzene rings is 2. The highest BCUT2D eigenvalue weighted by molar-refractivity contribution is 5.90. The Bertz CT molecular complexity index is 1070. The molecule has 8 nitrogen and oxygen atoms in total. The summed E-state index contributed by atoms with van der Waals surface area (Å²) in [6, 6.07) is 18.1. The molecule has 0 unspecified atom stereocenters. The molecule has 0 aliphatic carbocycles. The van der Waals surface area contributed by atoms with E-state index >= 15 is 0 Å². The van der Waals surface area contributed by atoms with Crippen molar-refractivity contribution < 1.29 is 4.79 Å². The lowest BCUT2D eigenvalue weighted by molar-refractivity contribution is 0.132. The normalized spacial score (nSPS) is 14.8. The number of carbonyl (C=O) groups is 1. The van der Waals surface area contributed by atoms with E-state index in [-0.39, 0.29) is 18.0 Å². The summed E-state index contributed by atoms with van der Waals surface area (Å²) in [5.41, 5.74) is 8.97. The van der Waals surface area contributed by atoms with Crippen LogP contribution in [0.1, 0.15) is 18.4 Å². The Morgan fingerprint density at radius 2 is 1.94 bits per heavy atom. The van der Waals surface area contributed by atoms with Crippen LogP contribution in [0, 0.1) is 5.41 Å². The zero-order valence-corrected chi connectivity index (χ0v) is 18.2. The van der Waals surface area contributed by atoms with Crippen LogP contribution in [-0.4, -0.2) is 57.5 Å². The molecule has 0 spiro atoms. The quantitative estimate of drug-likeness (QED) is 0.424. The van der Waals surface area contributed by atoms with E-state index in [2.05, 4.69) is 39.5 Å². The minimum Gasteiger partial charge on any atom is -0.370 e. The summed E-state index contributed by atoms with van der Waals surface area (Å²) in [5.74, 6) is -0.126. The van der Waals surface area contributed by atoms with Gasteiger partial charge in [0.2, 0.25) is 0 Å². The maximum atomic E-state index is 13.1. The first kappa shape index (κ1) is 21.6. The number of imidazole rings is 1. The molecule has 1 aliphatic rings. The molecule has 4 N–H and O–H groups in total. The van der Waals surface area contributed by atoms with Crippen molar-refractivity contribution in [2.75, 3.05) is 25.5 Å². The van der Waals surface area contributed by atoms with Crippen molar-refractivity contribution in [1.82, 2.24) is 19.4 Å². The fourth-order valence-electron chi connectivity index (χ4n) is 4.13. The van der Waals surface area contributed by atoms with Crippen molar-refractivity contribution in [1.29, 1.82) is 5.41 Å². The minimum absolute atomic E-state index is 0.0803. The van der Waals surface area contributed by atoms with Crippen LogP contribution in [-0.2, 0) is 6.54 Å². The third-order valence-electron chi connectivity index (χ3n) is 5.90. The van der Waals surface area contributed by atoms with Gasteiger partial charge in [0, 0.05) is 50.2 Å². The summed E-state index contributed by atoms with van der Waals surface area (Å²) >= 11 is 0. The van der Waals surface area contributed by atoms with E-state index in [9.17, 15) is 4.79 Å². The van der Waals surface area contributed by atoms with Crippen LogP contribution in [0.15, 0.2) is 67.1 Å². The number of rotatable bonds is 5. The number of aromatic nitrogens is 2. The van der Waals surface area contributed by atoms with Crippen LogP contribution in [0.5, 0.6) is 0 Å². The van der Waals surface area contributed by atoms with Crippen molar-refractivity contribution >= 4 is 17.7 Å². The van der Waals surface area contributed by atoms with Crippen molar-refractivity contribution in [3.8, 4) is 11.3 Å². The fourth-order valence-corrected chi connectivity index (χ4v) is 4.13. The number of hydrogen-bond donors (Lipinski definition) is 3. The van der Waals surface area contributed by atoms with Gasteiger partial charge in [0.05, 0.1) is 5.69 Å². The highest BCUT2D eigenvalue weighted by atomic mass is 16.2. The number of likely N-dealkylation sites (tertiary alicyclic amines) is 1. The van der Waals surface area contributed by atoms with Crippen molar-refractivity contribution in [3.05, 3.63) is 72.7 Å². The van der Waals surface area contributed by atoms with E-state index in [4.69, 9.17) is 11.1 Å². The number of guanidine groups is 1. The monoisotopic (exact) mass is 431 g/mol. The Balaban J connectivity index is 1.36. The Labute approximate surface area is 188 Å². The smallest absolute Gasteiger partial charge is 0.329 e. The van der Waals surface area contributed by atoms with Gasteiger partial charge in [0.25, 0.3) is 0 Å². The maximum absolute atomic E-state index is 13.1. The molecule has 2 heterocycles. The molecule has 4 rings (SSSR count). The van der Waals surface area contributed by atoms with Crippen molar-refractivity contribution in [2.45, 2.75) is 25.4 Å². The molecule has 3 aromatic rings. The Hall–Kier alpha value is -3.65.